The van der Waals surface area contributed by atoms with Gasteiger partial charge in [0.1, 0.15) is 5.75 Å². The van der Waals surface area contributed by atoms with Gasteiger partial charge in [-0.05, 0) is 53.8 Å². The van der Waals surface area contributed by atoms with Crippen LogP contribution in [0.15, 0.2) is 82.5 Å². The monoisotopic (exact) mass is 496 g/mol. The van der Waals surface area contributed by atoms with Gasteiger partial charge < -0.3 is 4.74 Å². The highest BCUT2D eigenvalue weighted by Crippen LogP contribution is 2.27. The van der Waals surface area contributed by atoms with Crippen LogP contribution in [-0.4, -0.2) is 20.1 Å². The van der Waals surface area contributed by atoms with E-state index >= 15 is 0 Å². The molecule has 4 aromatic rings. The van der Waals surface area contributed by atoms with Crippen LogP contribution in [0.5, 0.6) is 5.75 Å². The zero-order valence-corrected chi connectivity index (χ0v) is 21.0. The summed E-state index contributed by atoms with van der Waals surface area (Å²) in [5.74, 6) is 1.00. The maximum atomic E-state index is 13.3. The highest BCUT2D eigenvalue weighted by atomic mass is 32.2. The first-order valence-electron chi connectivity index (χ1n) is 11.1. The largest absolute Gasteiger partial charge is 0.497 e. The molecule has 0 aliphatic heterocycles. The topological polar surface area (TPSA) is 77.4 Å². The first-order valence-corrected chi connectivity index (χ1v) is 13.4. The van der Waals surface area contributed by atoms with Crippen molar-refractivity contribution in [3.05, 3.63) is 93.6 Å². The Hall–Kier alpha value is -2.94. The van der Waals surface area contributed by atoms with Crippen molar-refractivity contribution >= 4 is 31.6 Å². The van der Waals surface area contributed by atoms with Crippen LogP contribution in [0.1, 0.15) is 37.4 Å². The number of rotatable bonds is 9. The van der Waals surface area contributed by atoms with E-state index < -0.39 is 10.0 Å². The summed E-state index contributed by atoms with van der Waals surface area (Å²) in [7, 11) is -2.21. The Morgan fingerprint density at radius 1 is 1.00 bits per heavy atom. The maximum absolute atomic E-state index is 13.3. The molecule has 0 unspecified atom stereocenters. The first-order chi connectivity index (χ1) is 16.3. The van der Waals surface area contributed by atoms with E-state index in [1.54, 1.807) is 29.9 Å². The maximum Gasteiger partial charge on any atom is 0.308 e. The number of hydrogen-bond donors (Lipinski definition) is 1. The molecule has 0 fully saturated rings. The number of ether oxygens (including phenoxy) is 1. The predicted octanol–water partition coefficient (Wildman–Crippen LogP) is 5.19. The van der Waals surface area contributed by atoms with E-state index in [4.69, 9.17) is 4.74 Å². The van der Waals surface area contributed by atoms with Gasteiger partial charge in [0.05, 0.1) is 28.8 Å². The first kappa shape index (κ1) is 24.2. The number of hydrogen-bond acceptors (Lipinski definition) is 5. The van der Waals surface area contributed by atoms with E-state index in [0.717, 1.165) is 33.7 Å². The minimum Gasteiger partial charge on any atom is -0.497 e. The molecule has 1 aromatic heterocycles. The minimum atomic E-state index is -3.81. The van der Waals surface area contributed by atoms with Gasteiger partial charge in [-0.25, -0.2) is 13.1 Å². The van der Waals surface area contributed by atoms with Gasteiger partial charge in [0, 0.05) is 6.04 Å². The molecule has 0 bridgehead atoms. The summed E-state index contributed by atoms with van der Waals surface area (Å²) in [4.78, 5) is 12.7. The molecule has 1 atom stereocenters. The second-order valence-corrected chi connectivity index (χ2v) is 11.4. The van der Waals surface area contributed by atoms with Crippen molar-refractivity contribution in [1.82, 2.24) is 9.29 Å². The van der Waals surface area contributed by atoms with Gasteiger partial charge >= 0.3 is 4.87 Å². The Morgan fingerprint density at radius 2 is 1.71 bits per heavy atom. The van der Waals surface area contributed by atoms with E-state index in [1.807, 2.05) is 54.6 Å². The molecule has 0 aliphatic rings. The molecule has 0 saturated heterocycles. The Kier molecular flexibility index (Phi) is 7.21. The molecular formula is C26H28N2O4S2. The molecular weight excluding hydrogens is 468 g/mol. The molecule has 3 aromatic carbocycles. The number of nitrogens with zero attached hydrogens (tertiary/aromatic N) is 1. The Labute approximate surface area is 203 Å². The Balaban J connectivity index is 1.64. The van der Waals surface area contributed by atoms with Gasteiger partial charge in [0.15, 0.2) is 0 Å². The van der Waals surface area contributed by atoms with Gasteiger partial charge in [0.2, 0.25) is 10.0 Å². The SMILES string of the molecule is COc1ccc([C@@H](CC(C)C)NS(=O)(=O)c2ccc3c(c2)sc(=O)n3Cc2ccccc2)cc1. The highest BCUT2D eigenvalue weighted by Gasteiger charge is 2.23. The van der Waals surface area contributed by atoms with Crippen molar-refractivity contribution in [2.45, 2.75) is 37.8 Å². The lowest BCUT2D eigenvalue weighted by Gasteiger charge is -2.21. The number of nitrogens with one attached hydrogen (secondary N) is 1. The van der Waals surface area contributed by atoms with Gasteiger partial charge in [-0.1, -0.05) is 67.6 Å². The molecule has 0 aliphatic carbocycles. The summed E-state index contributed by atoms with van der Waals surface area (Å²) in [5.41, 5.74) is 2.61. The molecule has 4 rings (SSSR count). The van der Waals surface area contributed by atoms with Crippen LogP contribution in [0.2, 0.25) is 0 Å². The third-order valence-corrected chi connectivity index (χ3v) is 8.07. The quantitative estimate of drug-likeness (QED) is 0.346. The second-order valence-electron chi connectivity index (χ2n) is 8.65. The van der Waals surface area contributed by atoms with Crippen molar-refractivity contribution < 1.29 is 13.2 Å². The fraction of sp³-hybridized carbons (Fsp3) is 0.269. The average Bonchev–Trinajstić information content (AvgIpc) is 3.13. The molecule has 34 heavy (non-hydrogen) atoms. The van der Waals surface area contributed by atoms with Crippen LogP contribution in [0.4, 0.5) is 0 Å². The number of benzene rings is 3. The van der Waals surface area contributed by atoms with Crippen molar-refractivity contribution in [3.8, 4) is 5.75 Å². The Morgan fingerprint density at radius 3 is 2.35 bits per heavy atom. The van der Waals surface area contributed by atoms with Crippen molar-refractivity contribution in [2.24, 2.45) is 5.92 Å². The average molecular weight is 497 g/mol. The standard InChI is InChI=1S/C26H28N2O4S2/c1-18(2)15-23(20-9-11-21(32-3)12-10-20)27-34(30,31)22-13-14-24-25(16-22)33-26(29)28(24)17-19-7-5-4-6-8-19/h4-14,16,18,23,27H,15,17H2,1-3H3/t23-/m1/s1. The number of sulfonamides is 1. The molecule has 1 N–H and O–H groups in total. The fourth-order valence-electron chi connectivity index (χ4n) is 3.94. The summed E-state index contributed by atoms with van der Waals surface area (Å²) >= 11 is 1.06. The van der Waals surface area contributed by atoms with Crippen LogP contribution < -0.4 is 14.3 Å². The van der Waals surface area contributed by atoms with Crippen LogP contribution in [0.3, 0.4) is 0 Å². The third kappa shape index (κ3) is 5.41. The third-order valence-electron chi connectivity index (χ3n) is 5.66. The lowest BCUT2D eigenvalue weighted by Crippen LogP contribution is -2.29. The van der Waals surface area contributed by atoms with Crippen molar-refractivity contribution in [1.29, 1.82) is 0 Å². The summed E-state index contributed by atoms with van der Waals surface area (Å²) in [6.45, 7) is 4.56. The van der Waals surface area contributed by atoms with Crippen LogP contribution in [-0.2, 0) is 16.6 Å². The molecule has 0 amide bonds. The molecule has 178 valence electrons. The Bertz CT molecular complexity index is 1420. The number of fused-ring (bicyclic) bond motifs is 1. The predicted molar refractivity (Wildman–Crippen MR) is 137 cm³/mol. The van der Waals surface area contributed by atoms with Crippen LogP contribution >= 0.6 is 11.3 Å². The lowest BCUT2D eigenvalue weighted by molar-refractivity contribution is 0.414. The smallest absolute Gasteiger partial charge is 0.308 e. The molecule has 6 nitrogen and oxygen atoms in total. The van der Waals surface area contributed by atoms with E-state index in [0.29, 0.717) is 17.7 Å². The second kappa shape index (κ2) is 10.1. The zero-order valence-electron chi connectivity index (χ0n) is 19.4. The van der Waals surface area contributed by atoms with Gasteiger partial charge in [-0.15, -0.1) is 0 Å². The van der Waals surface area contributed by atoms with Crippen molar-refractivity contribution in [2.75, 3.05) is 7.11 Å². The van der Waals surface area contributed by atoms with E-state index in [2.05, 4.69) is 18.6 Å². The summed E-state index contributed by atoms with van der Waals surface area (Å²) in [6, 6.07) is 21.6. The van der Waals surface area contributed by atoms with E-state index in [-0.39, 0.29) is 21.7 Å². The molecule has 0 spiro atoms. The molecule has 8 heteroatoms. The normalized spacial score (nSPS) is 12.8. The fourth-order valence-corrected chi connectivity index (χ4v) is 6.21. The van der Waals surface area contributed by atoms with Gasteiger partial charge in [-0.2, -0.15) is 0 Å². The van der Waals surface area contributed by atoms with Crippen LogP contribution in [0.25, 0.3) is 10.2 Å². The number of methoxy groups -OCH3 is 1. The molecule has 1 heterocycles. The van der Waals surface area contributed by atoms with Gasteiger partial charge in [-0.3, -0.25) is 9.36 Å². The molecule has 0 saturated carbocycles. The van der Waals surface area contributed by atoms with Crippen molar-refractivity contribution in [3.63, 3.8) is 0 Å². The summed E-state index contributed by atoms with van der Waals surface area (Å²) in [5, 5.41) is 0. The number of thiazole rings is 1. The zero-order chi connectivity index (χ0) is 24.3. The minimum absolute atomic E-state index is 0.114. The molecule has 0 radical (unpaired) electrons. The highest BCUT2D eigenvalue weighted by molar-refractivity contribution is 7.89. The van der Waals surface area contributed by atoms with E-state index in [1.165, 1.54) is 0 Å². The van der Waals surface area contributed by atoms with Gasteiger partial charge in [0.25, 0.3) is 0 Å². The number of aromatic nitrogens is 1. The summed E-state index contributed by atoms with van der Waals surface area (Å²) in [6.07, 6.45) is 0.647. The van der Waals surface area contributed by atoms with Crippen LogP contribution in [0, 0.1) is 5.92 Å². The lowest BCUT2D eigenvalue weighted by atomic mass is 9.98. The van der Waals surface area contributed by atoms with E-state index in [9.17, 15) is 13.2 Å². The summed E-state index contributed by atoms with van der Waals surface area (Å²) < 4.78 is 37.1.